The van der Waals surface area contributed by atoms with Gasteiger partial charge >= 0.3 is 11.8 Å². The van der Waals surface area contributed by atoms with Gasteiger partial charge in [-0.2, -0.15) is 0 Å². The van der Waals surface area contributed by atoms with Gasteiger partial charge in [0.2, 0.25) is 0 Å². The van der Waals surface area contributed by atoms with Crippen molar-refractivity contribution in [3.8, 4) is 0 Å². The fraction of sp³-hybridized carbons (Fsp3) is 0.333. The van der Waals surface area contributed by atoms with Crippen LogP contribution in [-0.2, 0) is 9.59 Å². The van der Waals surface area contributed by atoms with E-state index in [4.69, 9.17) is 0 Å². The average molecular weight is 351 g/mol. The van der Waals surface area contributed by atoms with Gasteiger partial charge in [-0.25, -0.2) is 0 Å². The van der Waals surface area contributed by atoms with E-state index in [0.717, 1.165) is 18.8 Å². The topological polar surface area (TPSA) is 43.9 Å². The highest BCUT2D eigenvalue weighted by atomic mass is 16.2. The Morgan fingerprint density at radius 1 is 0.962 bits per heavy atom. The van der Waals surface area contributed by atoms with E-state index in [2.05, 4.69) is 30.0 Å². The van der Waals surface area contributed by atoms with Crippen molar-refractivity contribution in [2.24, 2.45) is 0 Å². The molecule has 1 saturated heterocycles. The minimum atomic E-state index is -0.456. The van der Waals surface area contributed by atoms with E-state index in [-0.39, 0.29) is 0 Å². The zero-order valence-corrected chi connectivity index (χ0v) is 15.4. The summed E-state index contributed by atoms with van der Waals surface area (Å²) in [5.74, 6) is -0.873. The summed E-state index contributed by atoms with van der Waals surface area (Å²) in [4.78, 5) is 30.8. The Kier molecular flexibility index (Phi) is 5.56. The molecule has 0 bridgehead atoms. The van der Waals surface area contributed by atoms with Gasteiger partial charge in [-0.3, -0.25) is 9.59 Å². The number of anilines is 2. The highest BCUT2D eigenvalue weighted by molar-refractivity contribution is 6.40. The van der Waals surface area contributed by atoms with Gasteiger partial charge in [0.05, 0.1) is 0 Å². The van der Waals surface area contributed by atoms with E-state index in [0.29, 0.717) is 19.6 Å². The van der Waals surface area contributed by atoms with Crippen LogP contribution in [0.5, 0.6) is 0 Å². The second kappa shape index (κ2) is 8.04. The molecule has 2 aromatic rings. The summed E-state index contributed by atoms with van der Waals surface area (Å²) in [5.41, 5.74) is 3.15. The van der Waals surface area contributed by atoms with Crippen LogP contribution < -0.4 is 9.80 Å². The number of para-hydroxylation sites is 1. The average Bonchev–Trinajstić information content (AvgIpc) is 2.69. The lowest BCUT2D eigenvalue weighted by atomic mass is 10.2. The van der Waals surface area contributed by atoms with Gasteiger partial charge in [0.15, 0.2) is 0 Å². The Morgan fingerprint density at radius 2 is 1.65 bits per heavy atom. The highest BCUT2D eigenvalue weighted by Crippen LogP contribution is 2.19. The minimum absolute atomic E-state index is 0.417. The summed E-state index contributed by atoms with van der Waals surface area (Å²) in [6.45, 7) is 7.02. The SMILES string of the molecule is CCN(C(=O)C(=O)N1CCN(c2cccc(C)c2)CC1)c1ccccc1. The molecule has 0 spiro atoms. The number of likely N-dealkylation sites (N-methyl/N-ethyl adjacent to an activating group) is 1. The predicted molar refractivity (Wildman–Crippen MR) is 104 cm³/mol. The van der Waals surface area contributed by atoms with Crippen molar-refractivity contribution >= 4 is 23.2 Å². The number of rotatable bonds is 3. The number of nitrogens with zero attached hydrogens (tertiary/aromatic N) is 3. The van der Waals surface area contributed by atoms with E-state index in [1.54, 1.807) is 4.90 Å². The van der Waals surface area contributed by atoms with Crippen molar-refractivity contribution < 1.29 is 9.59 Å². The maximum Gasteiger partial charge on any atom is 0.316 e. The van der Waals surface area contributed by atoms with Crippen LogP contribution in [0.1, 0.15) is 12.5 Å². The van der Waals surface area contributed by atoms with Gasteiger partial charge < -0.3 is 14.7 Å². The van der Waals surface area contributed by atoms with Gasteiger partial charge in [0, 0.05) is 44.1 Å². The molecule has 1 fully saturated rings. The van der Waals surface area contributed by atoms with Crippen LogP contribution in [0.2, 0.25) is 0 Å². The highest BCUT2D eigenvalue weighted by Gasteiger charge is 2.29. The zero-order chi connectivity index (χ0) is 18.5. The standard InChI is InChI=1S/C21H25N3O2/c1-3-24(18-9-5-4-6-10-18)21(26)20(25)23-14-12-22(13-15-23)19-11-7-8-17(2)16-19/h4-11,16H,3,12-15H2,1-2H3. The normalized spacial score (nSPS) is 14.2. The molecule has 3 rings (SSSR count). The van der Waals surface area contributed by atoms with Crippen molar-refractivity contribution in [2.75, 3.05) is 42.5 Å². The molecule has 0 radical (unpaired) electrons. The Bertz CT molecular complexity index is 768. The monoisotopic (exact) mass is 351 g/mol. The first-order chi connectivity index (χ1) is 12.6. The Balaban J connectivity index is 1.63. The lowest BCUT2D eigenvalue weighted by Crippen LogP contribution is -2.53. The van der Waals surface area contributed by atoms with Crippen LogP contribution in [0.4, 0.5) is 11.4 Å². The minimum Gasteiger partial charge on any atom is -0.368 e. The third kappa shape index (κ3) is 3.87. The van der Waals surface area contributed by atoms with Crippen LogP contribution in [0.3, 0.4) is 0 Å². The number of piperazine rings is 1. The quantitative estimate of drug-likeness (QED) is 0.799. The Hall–Kier alpha value is -2.82. The molecule has 1 aliphatic rings. The maximum atomic E-state index is 12.7. The first-order valence-electron chi connectivity index (χ1n) is 9.07. The van der Waals surface area contributed by atoms with E-state index < -0.39 is 11.8 Å². The summed E-state index contributed by atoms with van der Waals surface area (Å²) < 4.78 is 0. The van der Waals surface area contributed by atoms with Gasteiger partial charge in [-0.15, -0.1) is 0 Å². The third-order valence-electron chi connectivity index (χ3n) is 4.75. The number of carbonyl (C=O) groups excluding carboxylic acids is 2. The fourth-order valence-corrected chi connectivity index (χ4v) is 3.29. The van der Waals surface area contributed by atoms with Crippen LogP contribution in [0, 0.1) is 6.92 Å². The van der Waals surface area contributed by atoms with Crippen LogP contribution in [0.25, 0.3) is 0 Å². The van der Waals surface area contributed by atoms with Crippen LogP contribution in [-0.4, -0.2) is 49.4 Å². The van der Waals surface area contributed by atoms with Crippen LogP contribution >= 0.6 is 0 Å². The second-order valence-electron chi connectivity index (χ2n) is 6.50. The Labute approximate surface area is 154 Å². The lowest BCUT2D eigenvalue weighted by Gasteiger charge is -2.36. The maximum absolute atomic E-state index is 12.7. The van der Waals surface area contributed by atoms with Gasteiger partial charge in [-0.05, 0) is 43.7 Å². The van der Waals surface area contributed by atoms with Gasteiger partial charge in [0.25, 0.3) is 0 Å². The summed E-state index contributed by atoms with van der Waals surface area (Å²) in [5, 5.41) is 0. The molecule has 0 atom stereocenters. The molecule has 136 valence electrons. The number of hydrogen-bond acceptors (Lipinski definition) is 3. The number of hydrogen-bond donors (Lipinski definition) is 0. The molecule has 0 saturated carbocycles. The van der Waals surface area contributed by atoms with Crippen molar-refractivity contribution in [3.63, 3.8) is 0 Å². The Morgan fingerprint density at radius 3 is 2.27 bits per heavy atom. The largest absolute Gasteiger partial charge is 0.368 e. The van der Waals surface area contributed by atoms with Crippen molar-refractivity contribution in [3.05, 3.63) is 60.2 Å². The summed E-state index contributed by atoms with van der Waals surface area (Å²) >= 11 is 0. The molecule has 0 unspecified atom stereocenters. The fourth-order valence-electron chi connectivity index (χ4n) is 3.29. The molecular formula is C21H25N3O2. The molecule has 5 nitrogen and oxygen atoms in total. The molecule has 0 aromatic heterocycles. The zero-order valence-electron chi connectivity index (χ0n) is 15.4. The van der Waals surface area contributed by atoms with E-state index >= 15 is 0 Å². The summed E-state index contributed by atoms with van der Waals surface area (Å²) in [7, 11) is 0. The van der Waals surface area contributed by atoms with Gasteiger partial charge in [-0.1, -0.05) is 30.3 Å². The number of carbonyl (C=O) groups is 2. The molecule has 2 aromatic carbocycles. The molecule has 1 aliphatic heterocycles. The summed E-state index contributed by atoms with van der Waals surface area (Å²) in [6, 6.07) is 17.7. The molecular weight excluding hydrogens is 326 g/mol. The van der Waals surface area contributed by atoms with E-state index in [1.165, 1.54) is 16.2 Å². The predicted octanol–water partition coefficient (Wildman–Crippen LogP) is 2.70. The number of benzene rings is 2. The first-order valence-corrected chi connectivity index (χ1v) is 9.07. The first kappa shape index (κ1) is 18.0. The van der Waals surface area contributed by atoms with Gasteiger partial charge in [0.1, 0.15) is 0 Å². The molecule has 2 amide bonds. The van der Waals surface area contributed by atoms with E-state index in [1.807, 2.05) is 43.3 Å². The molecule has 1 heterocycles. The second-order valence-corrected chi connectivity index (χ2v) is 6.50. The molecule has 0 N–H and O–H groups in total. The van der Waals surface area contributed by atoms with Crippen molar-refractivity contribution in [1.82, 2.24) is 4.90 Å². The van der Waals surface area contributed by atoms with E-state index in [9.17, 15) is 9.59 Å². The molecule has 0 aliphatic carbocycles. The molecule has 26 heavy (non-hydrogen) atoms. The van der Waals surface area contributed by atoms with Crippen molar-refractivity contribution in [2.45, 2.75) is 13.8 Å². The number of aryl methyl sites for hydroxylation is 1. The van der Waals surface area contributed by atoms with Crippen LogP contribution in [0.15, 0.2) is 54.6 Å². The molecule has 5 heteroatoms. The van der Waals surface area contributed by atoms with Crippen molar-refractivity contribution in [1.29, 1.82) is 0 Å². The smallest absolute Gasteiger partial charge is 0.316 e. The number of amides is 2. The lowest BCUT2D eigenvalue weighted by molar-refractivity contribution is -0.144. The summed E-state index contributed by atoms with van der Waals surface area (Å²) in [6.07, 6.45) is 0. The third-order valence-corrected chi connectivity index (χ3v) is 4.75.